The van der Waals surface area contributed by atoms with Crippen molar-refractivity contribution in [2.24, 2.45) is 4.99 Å². The smallest absolute Gasteiger partial charge is 0.338 e. The van der Waals surface area contributed by atoms with Crippen molar-refractivity contribution in [3.05, 3.63) is 132 Å². The van der Waals surface area contributed by atoms with Crippen molar-refractivity contribution < 1.29 is 23.8 Å². The number of para-hydroxylation sites is 1. The van der Waals surface area contributed by atoms with Crippen LogP contribution in [0.2, 0.25) is 0 Å². The van der Waals surface area contributed by atoms with Crippen LogP contribution < -0.4 is 19.6 Å². The number of carbonyl (C=O) groups is 2. The molecule has 0 saturated heterocycles. The summed E-state index contributed by atoms with van der Waals surface area (Å²) in [6.07, 6.45) is 2.30. The molecule has 214 valence electrons. The lowest BCUT2D eigenvalue weighted by Crippen LogP contribution is -2.40. The molecule has 0 fully saturated rings. The fraction of sp³-hybridized carbons (Fsp3) is 0.212. The van der Waals surface area contributed by atoms with E-state index in [-0.39, 0.29) is 18.1 Å². The molecule has 0 N–H and O–H groups in total. The highest BCUT2D eigenvalue weighted by Crippen LogP contribution is 2.31. The fourth-order valence-corrected chi connectivity index (χ4v) is 5.81. The molecule has 0 spiro atoms. The first-order valence-electron chi connectivity index (χ1n) is 13.6. The minimum atomic E-state index is -0.656. The molecule has 1 aromatic heterocycles. The Balaban J connectivity index is 1.51. The third-order valence-electron chi connectivity index (χ3n) is 6.83. The first-order chi connectivity index (χ1) is 20.4. The van der Waals surface area contributed by atoms with E-state index in [1.54, 1.807) is 29.7 Å². The van der Waals surface area contributed by atoms with Crippen molar-refractivity contribution in [2.75, 3.05) is 13.7 Å². The van der Waals surface area contributed by atoms with Crippen molar-refractivity contribution in [3.63, 3.8) is 0 Å². The lowest BCUT2D eigenvalue weighted by molar-refractivity contribution is -0.136. The summed E-state index contributed by atoms with van der Waals surface area (Å²) < 4.78 is 18.3. The SMILES string of the molecule is CCOC(=O)c1ccc(COc2ccccc2/C=c2/sc3n(c2=O)[C@@H](c2ccccc2)C(C(=O)OC)=C(CC)N=3)cc1. The standard InChI is InChI=1S/C33H30N2O6S/c1-4-25-28(32(38)39-3)29(22-11-7-6-8-12-22)35-30(36)27(42-33(35)34-25)19-24-13-9-10-14-26(24)41-20-21-15-17-23(18-16-21)31(37)40-5-2/h6-19,29H,4-5,20H2,1-3H3/b27-19+/t29-/m0/s1. The minimum Gasteiger partial charge on any atom is -0.488 e. The molecule has 9 heteroatoms. The Bertz CT molecular complexity index is 1820. The summed E-state index contributed by atoms with van der Waals surface area (Å²) in [5.41, 5.74) is 3.58. The van der Waals surface area contributed by atoms with Gasteiger partial charge in [-0.2, -0.15) is 0 Å². The Morgan fingerprint density at radius 1 is 0.952 bits per heavy atom. The quantitative estimate of drug-likeness (QED) is 0.269. The van der Waals surface area contributed by atoms with E-state index < -0.39 is 12.0 Å². The number of hydrogen-bond acceptors (Lipinski definition) is 8. The third kappa shape index (κ3) is 5.82. The van der Waals surface area contributed by atoms with Crippen LogP contribution in [0.1, 0.15) is 53.4 Å². The molecule has 5 rings (SSSR count). The van der Waals surface area contributed by atoms with Crippen LogP contribution in [0.3, 0.4) is 0 Å². The Labute approximate surface area is 246 Å². The van der Waals surface area contributed by atoms with Gasteiger partial charge in [-0.1, -0.05) is 78.9 Å². The first kappa shape index (κ1) is 28.8. The highest BCUT2D eigenvalue weighted by Gasteiger charge is 2.33. The van der Waals surface area contributed by atoms with E-state index in [1.807, 2.05) is 73.7 Å². The summed E-state index contributed by atoms with van der Waals surface area (Å²) in [5.74, 6) is -0.272. The molecule has 8 nitrogen and oxygen atoms in total. The molecule has 0 radical (unpaired) electrons. The number of rotatable bonds is 9. The van der Waals surface area contributed by atoms with Gasteiger partial charge < -0.3 is 14.2 Å². The van der Waals surface area contributed by atoms with Crippen molar-refractivity contribution in [1.29, 1.82) is 0 Å². The van der Waals surface area contributed by atoms with Gasteiger partial charge in [0.15, 0.2) is 4.80 Å². The molecule has 0 bridgehead atoms. The molecule has 3 aromatic carbocycles. The summed E-state index contributed by atoms with van der Waals surface area (Å²) >= 11 is 1.27. The highest BCUT2D eigenvalue weighted by molar-refractivity contribution is 7.07. The largest absolute Gasteiger partial charge is 0.488 e. The van der Waals surface area contributed by atoms with Crippen LogP contribution in [0.15, 0.2) is 99.9 Å². The predicted molar refractivity (Wildman–Crippen MR) is 160 cm³/mol. The molecule has 1 aliphatic heterocycles. The van der Waals surface area contributed by atoms with Crippen LogP contribution in [0.25, 0.3) is 6.08 Å². The van der Waals surface area contributed by atoms with E-state index in [1.165, 1.54) is 18.4 Å². The summed E-state index contributed by atoms with van der Waals surface area (Å²) in [6.45, 7) is 4.28. The number of nitrogens with zero attached hydrogens (tertiary/aromatic N) is 2. The van der Waals surface area contributed by atoms with Gasteiger partial charge in [-0.25, -0.2) is 14.6 Å². The van der Waals surface area contributed by atoms with E-state index in [9.17, 15) is 14.4 Å². The Kier molecular flexibility index (Phi) is 8.78. The van der Waals surface area contributed by atoms with Gasteiger partial charge in [-0.15, -0.1) is 0 Å². The van der Waals surface area contributed by atoms with Gasteiger partial charge in [0.05, 0.1) is 41.1 Å². The zero-order valence-electron chi connectivity index (χ0n) is 23.5. The molecule has 0 unspecified atom stereocenters. The monoisotopic (exact) mass is 582 g/mol. The van der Waals surface area contributed by atoms with E-state index in [2.05, 4.69) is 0 Å². The number of methoxy groups -OCH3 is 1. The highest BCUT2D eigenvalue weighted by atomic mass is 32.1. The summed E-state index contributed by atoms with van der Waals surface area (Å²) in [6, 6.07) is 23.3. The first-order valence-corrected chi connectivity index (χ1v) is 14.4. The van der Waals surface area contributed by atoms with Gasteiger partial charge in [0.2, 0.25) is 0 Å². The fourth-order valence-electron chi connectivity index (χ4n) is 4.80. The molecular formula is C33H30N2O6S. The number of benzene rings is 3. The van der Waals surface area contributed by atoms with Crippen molar-refractivity contribution in [1.82, 2.24) is 4.57 Å². The maximum atomic E-state index is 13.9. The number of esters is 2. The van der Waals surface area contributed by atoms with Crippen LogP contribution in [0.4, 0.5) is 0 Å². The molecule has 0 aliphatic carbocycles. The average molecular weight is 583 g/mol. The zero-order valence-corrected chi connectivity index (χ0v) is 24.4. The molecule has 1 atom stereocenters. The Morgan fingerprint density at radius 3 is 2.36 bits per heavy atom. The van der Waals surface area contributed by atoms with Gasteiger partial charge >= 0.3 is 11.9 Å². The summed E-state index contributed by atoms with van der Waals surface area (Å²) in [5, 5.41) is 0. The van der Waals surface area contributed by atoms with Crippen molar-refractivity contribution in [2.45, 2.75) is 32.9 Å². The number of aromatic nitrogens is 1. The second-order valence-electron chi connectivity index (χ2n) is 9.44. The van der Waals surface area contributed by atoms with Crippen molar-refractivity contribution in [3.8, 4) is 5.75 Å². The van der Waals surface area contributed by atoms with E-state index in [0.717, 1.165) is 16.7 Å². The van der Waals surface area contributed by atoms with Gasteiger partial charge in [-0.3, -0.25) is 9.36 Å². The molecule has 2 heterocycles. The molecule has 4 aromatic rings. The van der Waals surface area contributed by atoms with Gasteiger partial charge in [-0.05, 0) is 48.7 Å². The number of ether oxygens (including phenoxy) is 3. The number of fused-ring (bicyclic) bond motifs is 1. The molecular weight excluding hydrogens is 552 g/mol. The molecule has 0 saturated carbocycles. The predicted octanol–water partition coefficient (Wildman–Crippen LogP) is 4.55. The molecule has 0 amide bonds. The maximum Gasteiger partial charge on any atom is 0.338 e. The van der Waals surface area contributed by atoms with E-state index >= 15 is 0 Å². The van der Waals surface area contributed by atoms with E-state index in [4.69, 9.17) is 19.2 Å². The second-order valence-corrected chi connectivity index (χ2v) is 10.5. The summed E-state index contributed by atoms with van der Waals surface area (Å²) in [4.78, 5) is 44.0. The Morgan fingerprint density at radius 2 is 1.67 bits per heavy atom. The van der Waals surface area contributed by atoms with Crippen molar-refractivity contribution >= 4 is 29.4 Å². The second kappa shape index (κ2) is 12.8. The number of carbonyl (C=O) groups excluding carboxylic acids is 2. The topological polar surface area (TPSA) is 96.2 Å². The third-order valence-corrected chi connectivity index (χ3v) is 7.81. The number of allylic oxidation sites excluding steroid dienone is 1. The zero-order chi connectivity index (χ0) is 29.6. The van der Waals surface area contributed by atoms with Gasteiger partial charge in [0.1, 0.15) is 12.4 Å². The number of thiazole rings is 1. The molecule has 1 aliphatic rings. The van der Waals surface area contributed by atoms with Crippen LogP contribution in [-0.4, -0.2) is 30.2 Å². The van der Waals surface area contributed by atoms with Crippen LogP contribution in [-0.2, 0) is 20.9 Å². The van der Waals surface area contributed by atoms with Crippen LogP contribution >= 0.6 is 11.3 Å². The van der Waals surface area contributed by atoms with Gasteiger partial charge in [0.25, 0.3) is 5.56 Å². The minimum absolute atomic E-state index is 0.256. The van der Waals surface area contributed by atoms with Crippen LogP contribution in [0, 0.1) is 0 Å². The van der Waals surface area contributed by atoms with Crippen LogP contribution in [0.5, 0.6) is 5.75 Å². The van der Waals surface area contributed by atoms with Gasteiger partial charge in [0, 0.05) is 5.56 Å². The van der Waals surface area contributed by atoms with E-state index in [0.29, 0.717) is 44.9 Å². The lowest BCUT2D eigenvalue weighted by Gasteiger charge is -2.25. The Hall–Kier alpha value is -4.76. The molecule has 42 heavy (non-hydrogen) atoms. The summed E-state index contributed by atoms with van der Waals surface area (Å²) in [7, 11) is 1.33. The number of hydrogen-bond donors (Lipinski definition) is 0. The normalized spacial score (nSPS) is 14.6. The maximum absolute atomic E-state index is 13.9. The average Bonchev–Trinajstić information content (AvgIpc) is 3.34. The lowest BCUT2D eigenvalue weighted by atomic mass is 9.95.